The number of sulfone groups is 1. The van der Waals surface area contributed by atoms with Crippen LogP contribution in [-0.2, 0) is 22.2 Å². The highest BCUT2D eigenvalue weighted by atomic mass is 32.2. The smallest absolute Gasteiger partial charge is 0.204 e. The van der Waals surface area contributed by atoms with Gasteiger partial charge in [0.05, 0.1) is 17.8 Å². The first-order valence-electron chi connectivity index (χ1n) is 16.8. The Morgan fingerprint density at radius 1 is 0.922 bits per heavy atom. The molecule has 0 bridgehead atoms. The van der Waals surface area contributed by atoms with Crippen molar-refractivity contribution in [2.24, 2.45) is 0 Å². The van der Waals surface area contributed by atoms with Gasteiger partial charge in [0.2, 0.25) is 5.75 Å². The number of nitrogens with one attached hydrogen (secondary N) is 2. The topological polar surface area (TPSA) is 129 Å². The monoisotopic (exact) mass is 728 g/mol. The van der Waals surface area contributed by atoms with Gasteiger partial charge in [0, 0.05) is 55.9 Å². The first kappa shape index (κ1) is 36.2. The highest BCUT2D eigenvalue weighted by Crippen LogP contribution is 2.38. The minimum absolute atomic E-state index is 0.142. The molecule has 12 nitrogen and oxygen atoms in total. The Kier molecular flexibility index (Phi) is 11.8. The molecule has 2 aromatic heterocycles. The summed E-state index contributed by atoms with van der Waals surface area (Å²) in [5, 5.41) is 11.1. The molecule has 0 amide bonds. The lowest BCUT2D eigenvalue weighted by molar-refractivity contribution is 0.228. The van der Waals surface area contributed by atoms with Gasteiger partial charge in [-0.3, -0.25) is 10.00 Å². The third-order valence-corrected chi connectivity index (χ3v) is 11.0. The van der Waals surface area contributed by atoms with Crippen molar-refractivity contribution in [3.05, 3.63) is 102 Å². The molecule has 0 unspecified atom stereocenters. The van der Waals surface area contributed by atoms with E-state index in [2.05, 4.69) is 44.3 Å². The minimum Gasteiger partial charge on any atom is -0.490 e. The zero-order chi connectivity index (χ0) is 35.8. The number of methoxy groups -OCH3 is 1. The number of ether oxygens (including phenoxy) is 2. The predicted octanol–water partition coefficient (Wildman–Crippen LogP) is 5.65. The van der Waals surface area contributed by atoms with Crippen molar-refractivity contribution in [2.45, 2.75) is 34.2 Å². The Morgan fingerprint density at radius 2 is 1.67 bits per heavy atom. The molecule has 0 spiro atoms. The molecule has 0 aliphatic carbocycles. The summed E-state index contributed by atoms with van der Waals surface area (Å²) in [6.45, 7) is 7.75. The first-order valence-corrected chi connectivity index (χ1v) is 19.3. The van der Waals surface area contributed by atoms with Crippen LogP contribution in [0.3, 0.4) is 0 Å². The minimum atomic E-state index is -3.62. The number of likely N-dealkylation sites (N-methyl/N-ethyl adjacent to an activating group) is 1. The molecule has 0 radical (unpaired) electrons. The molecule has 3 heterocycles. The summed E-state index contributed by atoms with van der Waals surface area (Å²) in [4.78, 5) is 17.7. The van der Waals surface area contributed by atoms with Crippen LogP contribution < -0.4 is 19.7 Å². The van der Waals surface area contributed by atoms with Gasteiger partial charge in [-0.05, 0) is 80.3 Å². The number of anilines is 3. The largest absolute Gasteiger partial charge is 0.490 e. The van der Waals surface area contributed by atoms with Gasteiger partial charge in [0.15, 0.2) is 32.4 Å². The summed E-state index contributed by atoms with van der Waals surface area (Å²) in [5.74, 6) is 2.84. The number of H-pyrrole nitrogens is 1. The maximum atomic E-state index is 13.5. The van der Waals surface area contributed by atoms with Crippen molar-refractivity contribution < 1.29 is 17.9 Å². The molecular formula is C37H44N8O4S2. The number of nitrogens with zero attached hydrogens (tertiary/aromatic N) is 6. The van der Waals surface area contributed by atoms with Crippen LogP contribution in [0.2, 0.25) is 0 Å². The van der Waals surface area contributed by atoms with Crippen LogP contribution in [-0.4, -0.2) is 98.9 Å². The van der Waals surface area contributed by atoms with Crippen LogP contribution in [0.15, 0.2) is 99.9 Å². The fourth-order valence-corrected chi connectivity index (χ4v) is 7.76. The van der Waals surface area contributed by atoms with Gasteiger partial charge >= 0.3 is 0 Å². The lowest BCUT2D eigenvalue weighted by Crippen LogP contribution is -2.48. The Morgan fingerprint density at radius 3 is 2.35 bits per heavy atom. The number of piperazine rings is 1. The molecular weight excluding hydrogens is 685 g/mol. The molecule has 51 heavy (non-hydrogen) atoms. The molecule has 3 aromatic carbocycles. The number of hydrogen-bond acceptors (Lipinski definition) is 12. The highest BCUT2D eigenvalue weighted by molar-refractivity contribution is 7.99. The standard InChI is InChI=1S/C37H44N8O4S2/c1-27-23-33(42-41-27)38-35-34(48-4)36(45-21-19-44(20-22-45)18-17-43(2)3)40-37(39-35)50-31-13-15-32(16-14-31)51(46,47)26-29-11-8-12-30(24-29)49-25-28-9-6-5-7-10-28/h5-16,23-24H,17-22,25-26H2,1-4H3,(H2,38,39,40,41,42). The summed E-state index contributed by atoms with van der Waals surface area (Å²) in [5.41, 5.74) is 2.61. The molecule has 1 saturated heterocycles. The average Bonchev–Trinajstić information content (AvgIpc) is 3.54. The molecule has 1 aliphatic rings. The van der Waals surface area contributed by atoms with E-state index < -0.39 is 9.84 Å². The van der Waals surface area contributed by atoms with E-state index in [0.717, 1.165) is 55.4 Å². The van der Waals surface area contributed by atoms with Gasteiger partial charge in [-0.25, -0.2) is 18.4 Å². The third kappa shape index (κ3) is 9.79. The fraction of sp³-hybridized carbons (Fsp3) is 0.324. The van der Waals surface area contributed by atoms with Crippen molar-refractivity contribution in [3.63, 3.8) is 0 Å². The van der Waals surface area contributed by atoms with Gasteiger partial charge in [-0.2, -0.15) is 5.10 Å². The Hall–Kier alpha value is -4.63. The number of aromatic amines is 1. The normalized spacial score (nSPS) is 13.8. The van der Waals surface area contributed by atoms with Crippen molar-refractivity contribution in [1.29, 1.82) is 0 Å². The van der Waals surface area contributed by atoms with Gasteiger partial charge in [-0.15, -0.1) is 0 Å². The average molecular weight is 729 g/mol. The van der Waals surface area contributed by atoms with E-state index >= 15 is 0 Å². The first-order chi connectivity index (χ1) is 24.6. The molecule has 5 aromatic rings. The van der Waals surface area contributed by atoms with Crippen LogP contribution in [0.25, 0.3) is 0 Å². The molecule has 1 fully saturated rings. The number of hydrogen-bond donors (Lipinski definition) is 2. The summed E-state index contributed by atoms with van der Waals surface area (Å²) in [7, 11) is 2.19. The number of benzene rings is 3. The van der Waals surface area contributed by atoms with E-state index in [9.17, 15) is 8.42 Å². The maximum absolute atomic E-state index is 13.5. The molecule has 0 saturated carbocycles. The van der Waals surface area contributed by atoms with Crippen molar-refractivity contribution in [2.75, 3.05) is 70.7 Å². The third-order valence-electron chi connectivity index (χ3n) is 8.41. The summed E-state index contributed by atoms with van der Waals surface area (Å²) in [6.07, 6.45) is 0. The van der Waals surface area contributed by atoms with Crippen LogP contribution in [0, 0.1) is 6.92 Å². The van der Waals surface area contributed by atoms with Crippen LogP contribution in [0.4, 0.5) is 17.5 Å². The lowest BCUT2D eigenvalue weighted by Gasteiger charge is -2.36. The van der Waals surface area contributed by atoms with Crippen molar-refractivity contribution >= 4 is 39.1 Å². The van der Waals surface area contributed by atoms with Gasteiger partial charge in [-0.1, -0.05) is 42.5 Å². The molecule has 6 rings (SSSR count). The SMILES string of the molecule is COc1c(Nc2cc(C)[nH]n2)nc(Sc2ccc(S(=O)(=O)Cc3cccc(OCc4ccccc4)c3)cc2)nc1N1CCN(CCN(C)C)CC1. The summed E-state index contributed by atoms with van der Waals surface area (Å²) in [6, 6.07) is 25.8. The van der Waals surface area contributed by atoms with Gasteiger partial charge < -0.3 is 24.6 Å². The molecule has 0 atom stereocenters. The summed E-state index contributed by atoms with van der Waals surface area (Å²) >= 11 is 1.36. The van der Waals surface area contributed by atoms with Crippen molar-refractivity contribution in [1.82, 2.24) is 30.0 Å². The second kappa shape index (κ2) is 16.6. The van der Waals surface area contributed by atoms with E-state index in [0.29, 0.717) is 46.3 Å². The molecule has 268 valence electrons. The van der Waals surface area contributed by atoms with E-state index in [1.54, 1.807) is 43.5 Å². The van der Waals surface area contributed by atoms with E-state index in [1.165, 1.54) is 11.8 Å². The zero-order valence-electron chi connectivity index (χ0n) is 29.4. The van der Waals surface area contributed by atoms with Crippen LogP contribution >= 0.6 is 11.8 Å². The quantitative estimate of drug-likeness (QED) is 0.129. The predicted molar refractivity (Wildman–Crippen MR) is 201 cm³/mol. The second-order valence-corrected chi connectivity index (χ2v) is 15.7. The Balaban J connectivity index is 1.18. The van der Waals surface area contributed by atoms with Gasteiger partial charge in [0.25, 0.3) is 0 Å². The van der Waals surface area contributed by atoms with E-state index in [1.807, 2.05) is 55.5 Å². The Labute approximate surface area is 304 Å². The van der Waals surface area contributed by atoms with Crippen molar-refractivity contribution in [3.8, 4) is 11.5 Å². The van der Waals surface area contributed by atoms with E-state index in [4.69, 9.17) is 19.4 Å². The van der Waals surface area contributed by atoms with Gasteiger partial charge in [0.1, 0.15) is 12.4 Å². The molecule has 14 heteroatoms. The second-order valence-electron chi connectivity index (χ2n) is 12.7. The number of aromatic nitrogens is 4. The lowest BCUT2D eigenvalue weighted by atomic mass is 10.2. The number of aryl methyl sites for hydroxylation is 1. The van der Waals surface area contributed by atoms with Crippen LogP contribution in [0.5, 0.6) is 11.5 Å². The van der Waals surface area contributed by atoms with E-state index in [-0.39, 0.29) is 10.6 Å². The zero-order valence-corrected chi connectivity index (χ0v) is 31.0. The maximum Gasteiger partial charge on any atom is 0.204 e. The fourth-order valence-electron chi connectivity index (χ4n) is 5.67. The molecule has 2 N–H and O–H groups in total. The highest BCUT2D eigenvalue weighted by Gasteiger charge is 2.26. The number of rotatable bonds is 15. The molecule has 1 aliphatic heterocycles. The summed E-state index contributed by atoms with van der Waals surface area (Å²) < 4.78 is 38.7. The Bertz CT molecular complexity index is 2000. The van der Waals surface area contributed by atoms with Crippen LogP contribution in [0.1, 0.15) is 16.8 Å².